The lowest BCUT2D eigenvalue weighted by molar-refractivity contribution is 0.440. The van der Waals surface area contributed by atoms with Gasteiger partial charge in [0.15, 0.2) is 4.67 Å². The van der Waals surface area contributed by atoms with E-state index in [1.165, 1.54) is 0 Å². The lowest BCUT2D eigenvalue weighted by Crippen LogP contribution is -2.20. The van der Waals surface area contributed by atoms with E-state index in [9.17, 15) is 0 Å². The number of halogens is 2. The first-order chi connectivity index (χ1) is 7.72. The minimum absolute atomic E-state index is 0.0313. The summed E-state index contributed by atoms with van der Waals surface area (Å²) >= 11 is 11.1. The zero-order valence-corrected chi connectivity index (χ0v) is 11.8. The number of hydrogen-bond donors (Lipinski definition) is 1. The minimum Gasteiger partial charge on any atom is -0.452 e. The predicted molar refractivity (Wildman–Crippen MR) is 71.3 cm³/mol. The number of thiophene rings is 1. The maximum Gasteiger partial charge on any atom is 0.169 e. The van der Waals surface area contributed by atoms with Crippen LogP contribution < -0.4 is 5.32 Å². The molecule has 0 amide bonds. The Hall–Kier alpha value is -0.290. The Morgan fingerprint density at radius 1 is 1.50 bits per heavy atom. The summed E-state index contributed by atoms with van der Waals surface area (Å²) in [5.41, 5.74) is 0. The van der Waals surface area contributed by atoms with E-state index < -0.39 is 0 Å². The minimum atomic E-state index is 0.0313. The van der Waals surface area contributed by atoms with Crippen LogP contribution in [0.2, 0.25) is 5.02 Å². The van der Waals surface area contributed by atoms with Crippen molar-refractivity contribution in [3.05, 3.63) is 43.9 Å². The number of furan rings is 1. The van der Waals surface area contributed by atoms with Crippen molar-refractivity contribution in [1.82, 2.24) is 5.32 Å². The number of hydrogen-bond acceptors (Lipinski definition) is 3. The second-order valence-electron chi connectivity index (χ2n) is 3.27. The van der Waals surface area contributed by atoms with Crippen molar-refractivity contribution in [2.24, 2.45) is 0 Å². The number of nitrogens with one attached hydrogen (secondary N) is 1. The van der Waals surface area contributed by atoms with E-state index in [0.29, 0.717) is 0 Å². The Morgan fingerprint density at radius 3 is 2.81 bits per heavy atom. The van der Waals surface area contributed by atoms with Crippen LogP contribution in [-0.4, -0.2) is 6.54 Å². The largest absolute Gasteiger partial charge is 0.452 e. The van der Waals surface area contributed by atoms with Gasteiger partial charge in [-0.1, -0.05) is 18.5 Å². The Labute approximate surface area is 112 Å². The monoisotopic (exact) mass is 319 g/mol. The van der Waals surface area contributed by atoms with E-state index in [-0.39, 0.29) is 6.04 Å². The van der Waals surface area contributed by atoms with Crippen LogP contribution in [0.3, 0.4) is 0 Å². The summed E-state index contributed by atoms with van der Waals surface area (Å²) in [6.07, 6.45) is 0. The van der Waals surface area contributed by atoms with Crippen molar-refractivity contribution in [2.45, 2.75) is 13.0 Å². The zero-order chi connectivity index (χ0) is 11.5. The molecule has 2 nitrogen and oxygen atoms in total. The third kappa shape index (κ3) is 2.51. The van der Waals surface area contributed by atoms with E-state index in [1.807, 2.05) is 23.6 Å². The Bertz CT molecular complexity index is 468. The quantitative estimate of drug-likeness (QED) is 0.900. The molecule has 0 aliphatic heterocycles. The lowest BCUT2D eigenvalue weighted by Gasteiger charge is -2.14. The average Bonchev–Trinajstić information content (AvgIpc) is 2.84. The predicted octanol–water partition coefficient (Wildman–Crippen LogP) is 4.46. The highest BCUT2D eigenvalue weighted by Gasteiger charge is 2.20. The van der Waals surface area contributed by atoms with Crippen LogP contribution in [-0.2, 0) is 0 Å². The maximum absolute atomic E-state index is 6.14. The van der Waals surface area contributed by atoms with Crippen LogP contribution in [0, 0.1) is 0 Å². The molecule has 0 bridgehead atoms. The average molecular weight is 321 g/mol. The van der Waals surface area contributed by atoms with Crippen LogP contribution in [0.5, 0.6) is 0 Å². The van der Waals surface area contributed by atoms with Gasteiger partial charge in [-0.15, -0.1) is 11.3 Å². The SMILES string of the molecule is CCNC(c1ccc(Br)o1)c1sccc1Cl. The Morgan fingerprint density at radius 2 is 2.31 bits per heavy atom. The van der Waals surface area contributed by atoms with E-state index in [1.54, 1.807) is 11.3 Å². The molecule has 1 unspecified atom stereocenters. The molecule has 0 aliphatic rings. The van der Waals surface area contributed by atoms with Crippen LogP contribution in [0.15, 0.2) is 32.7 Å². The molecule has 0 radical (unpaired) electrons. The molecule has 0 saturated carbocycles. The molecular weight excluding hydrogens is 310 g/mol. The van der Waals surface area contributed by atoms with Gasteiger partial charge < -0.3 is 9.73 Å². The first kappa shape index (κ1) is 12.2. The standard InChI is InChI=1S/C11H11BrClNOS/c1-2-14-10(8-3-4-9(12)15-8)11-7(13)5-6-16-11/h3-6,10,14H,2H2,1H3. The Balaban J connectivity index is 2.34. The second-order valence-corrected chi connectivity index (χ2v) is 5.40. The van der Waals surface area contributed by atoms with Gasteiger partial charge in [-0.05, 0) is 46.1 Å². The molecular formula is C11H11BrClNOS. The highest BCUT2D eigenvalue weighted by molar-refractivity contribution is 9.10. The molecule has 1 N–H and O–H groups in total. The Kier molecular flexibility index (Phi) is 4.08. The van der Waals surface area contributed by atoms with E-state index in [4.69, 9.17) is 16.0 Å². The first-order valence-corrected chi connectivity index (χ1v) is 6.99. The topological polar surface area (TPSA) is 25.2 Å². The summed E-state index contributed by atoms with van der Waals surface area (Å²) in [5.74, 6) is 0.873. The molecule has 16 heavy (non-hydrogen) atoms. The first-order valence-electron chi connectivity index (χ1n) is 4.94. The van der Waals surface area contributed by atoms with E-state index in [0.717, 1.165) is 26.9 Å². The summed E-state index contributed by atoms with van der Waals surface area (Å²) in [6.45, 7) is 2.92. The molecule has 0 fully saturated rings. The van der Waals surface area contributed by atoms with Crippen molar-refractivity contribution >= 4 is 38.9 Å². The molecule has 2 heterocycles. The van der Waals surface area contributed by atoms with Crippen molar-refractivity contribution in [1.29, 1.82) is 0 Å². The summed E-state index contributed by atoms with van der Waals surface area (Å²) < 4.78 is 6.31. The van der Waals surface area contributed by atoms with Crippen LogP contribution in [0.25, 0.3) is 0 Å². The summed E-state index contributed by atoms with van der Waals surface area (Å²) in [4.78, 5) is 1.09. The number of rotatable bonds is 4. The second kappa shape index (κ2) is 5.36. The fourth-order valence-corrected chi connectivity index (χ4v) is 3.09. The molecule has 0 saturated heterocycles. The van der Waals surface area contributed by atoms with Gasteiger partial charge in [-0.25, -0.2) is 0 Å². The van der Waals surface area contributed by atoms with Crippen LogP contribution >= 0.6 is 38.9 Å². The maximum atomic E-state index is 6.14. The molecule has 2 aromatic rings. The van der Waals surface area contributed by atoms with Crippen LogP contribution in [0.1, 0.15) is 23.6 Å². The van der Waals surface area contributed by atoms with Crippen molar-refractivity contribution in [3.63, 3.8) is 0 Å². The third-order valence-electron chi connectivity index (χ3n) is 2.19. The van der Waals surface area contributed by atoms with Gasteiger partial charge in [0.1, 0.15) is 11.8 Å². The molecule has 0 aliphatic carbocycles. The third-order valence-corrected chi connectivity index (χ3v) is 4.04. The zero-order valence-electron chi connectivity index (χ0n) is 8.67. The molecule has 86 valence electrons. The highest BCUT2D eigenvalue weighted by atomic mass is 79.9. The van der Waals surface area contributed by atoms with Gasteiger partial charge >= 0.3 is 0 Å². The smallest absolute Gasteiger partial charge is 0.169 e. The molecule has 1 atom stereocenters. The molecule has 0 aromatic carbocycles. The van der Waals surface area contributed by atoms with Gasteiger partial charge in [0, 0.05) is 4.88 Å². The molecule has 2 rings (SSSR count). The van der Waals surface area contributed by atoms with Crippen LogP contribution in [0.4, 0.5) is 0 Å². The van der Waals surface area contributed by atoms with Gasteiger partial charge in [0.25, 0.3) is 0 Å². The van der Waals surface area contributed by atoms with Gasteiger partial charge in [-0.2, -0.15) is 0 Å². The summed E-state index contributed by atoms with van der Waals surface area (Å²) in [7, 11) is 0. The molecule has 2 aromatic heterocycles. The van der Waals surface area contributed by atoms with Gasteiger partial charge in [0.05, 0.1) is 5.02 Å². The normalized spacial score (nSPS) is 12.9. The van der Waals surface area contributed by atoms with Gasteiger partial charge in [0.2, 0.25) is 0 Å². The van der Waals surface area contributed by atoms with Crippen molar-refractivity contribution in [2.75, 3.05) is 6.54 Å². The fraction of sp³-hybridized carbons (Fsp3) is 0.273. The summed E-state index contributed by atoms with van der Waals surface area (Å²) in [5, 5.41) is 6.13. The molecule has 0 spiro atoms. The fourth-order valence-electron chi connectivity index (χ4n) is 1.52. The van der Waals surface area contributed by atoms with E-state index >= 15 is 0 Å². The van der Waals surface area contributed by atoms with Crippen molar-refractivity contribution < 1.29 is 4.42 Å². The highest BCUT2D eigenvalue weighted by Crippen LogP contribution is 2.34. The summed E-state index contributed by atoms with van der Waals surface area (Å²) in [6, 6.07) is 5.78. The van der Waals surface area contributed by atoms with Gasteiger partial charge in [-0.3, -0.25) is 0 Å². The molecule has 5 heteroatoms. The lowest BCUT2D eigenvalue weighted by atomic mass is 10.2. The van der Waals surface area contributed by atoms with E-state index in [2.05, 4.69) is 28.2 Å². The van der Waals surface area contributed by atoms with Crippen molar-refractivity contribution in [3.8, 4) is 0 Å².